The Morgan fingerprint density at radius 3 is 2.77 bits per heavy atom. The number of phenols is 1. The quantitative estimate of drug-likeness (QED) is 0.689. The Bertz CT molecular complexity index is 298. The Hall–Kier alpha value is -1.02. The van der Waals surface area contributed by atoms with Crippen molar-refractivity contribution in [2.75, 3.05) is 0 Å². The van der Waals surface area contributed by atoms with Crippen molar-refractivity contribution < 1.29 is 5.11 Å². The molecule has 0 aliphatic heterocycles. The molecule has 0 unspecified atom stereocenters. The monoisotopic (exact) mass is 177 g/mol. The highest BCUT2D eigenvalue weighted by molar-refractivity contribution is 5.31. The molecule has 1 fully saturated rings. The number of aromatic hydroxyl groups is 1. The third-order valence-corrected chi connectivity index (χ3v) is 2.87. The summed E-state index contributed by atoms with van der Waals surface area (Å²) >= 11 is 0. The molecule has 0 spiro atoms. The number of rotatable bonds is 1. The molecule has 0 radical (unpaired) electrons. The number of hydrogen-bond acceptors (Lipinski definition) is 2. The second-order valence-electron chi connectivity index (χ2n) is 3.80. The number of phenolic OH excluding ortho intramolecular Hbond substituents is 1. The van der Waals surface area contributed by atoms with E-state index in [0.717, 1.165) is 12.8 Å². The minimum absolute atomic E-state index is 0.279. The van der Waals surface area contributed by atoms with Crippen LogP contribution in [-0.4, -0.2) is 11.1 Å². The fraction of sp³-hybridized carbons (Fsp3) is 0.455. The first kappa shape index (κ1) is 8.57. The molecule has 13 heavy (non-hydrogen) atoms. The molecular formula is C11H15NO. The largest absolute Gasteiger partial charge is 0.508 e. The van der Waals surface area contributed by atoms with Crippen molar-refractivity contribution in [2.45, 2.75) is 31.2 Å². The highest BCUT2D eigenvalue weighted by Gasteiger charge is 2.25. The summed E-state index contributed by atoms with van der Waals surface area (Å²) < 4.78 is 0. The molecule has 3 N–H and O–H groups in total. The summed E-state index contributed by atoms with van der Waals surface area (Å²) in [4.78, 5) is 0. The minimum Gasteiger partial charge on any atom is -0.508 e. The third kappa shape index (κ3) is 1.68. The predicted octanol–water partition coefficient (Wildman–Crippen LogP) is 1.99. The lowest BCUT2D eigenvalue weighted by Crippen LogP contribution is -2.22. The third-order valence-electron chi connectivity index (χ3n) is 2.87. The Balaban J connectivity index is 2.24. The molecule has 0 aromatic heterocycles. The van der Waals surface area contributed by atoms with Crippen molar-refractivity contribution in [2.24, 2.45) is 5.73 Å². The fourth-order valence-electron chi connectivity index (χ4n) is 2.16. The first-order chi connectivity index (χ1) is 6.27. The molecule has 1 aromatic rings. The first-order valence-corrected chi connectivity index (χ1v) is 4.82. The van der Waals surface area contributed by atoms with Crippen molar-refractivity contribution in [1.82, 2.24) is 0 Å². The Morgan fingerprint density at radius 1 is 1.31 bits per heavy atom. The van der Waals surface area contributed by atoms with E-state index in [1.54, 1.807) is 6.07 Å². The molecule has 70 valence electrons. The van der Waals surface area contributed by atoms with E-state index in [0.29, 0.717) is 11.7 Å². The predicted molar refractivity (Wildman–Crippen MR) is 52.7 cm³/mol. The zero-order chi connectivity index (χ0) is 9.26. The van der Waals surface area contributed by atoms with Gasteiger partial charge in [0, 0.05) is 6.04 Å². The van der Waals surface area contributed by atoms with Crippen molar-refractivity contribution in [3.05, 3.63) is 29.8 Å². The van der Waals surface area contributed by atoms with Gasteiger partial charge >= 0.3 is 0 Å². The second-order valence-corrected chi connectivity index (χ2v) is 3.80. The highest BCUT2D eigenvalue weighted by atomic mass is 16.3. The maximum atomic E-state index is 9.32. The van der Waals surface area contributed by atoms with E-state index in [1.165, 1.54) is 12.0 Å². The van der Waals surface area contributed by atoms with Crippen molar-refractivity contribution >= 4 is 0 Å². The summed E-state index contributed by atoms with van der Waals surface area (Å²) in [5, 5.41) is 9.32. The number of hydrogen-bond donors (Lipinski definition) is 2. The van der Waals surface area contributed by atoms with Crippen molar-refractivity contribution in [3.63, 3.8) is 0 Å². The van der Waals surface area contributed by atoms with Crippen LogP contribution in [-0.2, 0) is 0 Å². The Labute approximate surface area is 78.4 Å². The van der Waals surface area contributed by atoms with Crippen LogP contribution in [0.5, 0.6) is 5.75 Å². The lowest BCUT2D eigenvalue weighted by atomic mass is 9.94. The molecule has 2 nitrogen and oxygen atoms in total. The average molecular weight is 177 g/mol. The van der Waals surface area contributed by atoms with E-state index in [9.17, 15) is 5.11 Å². The van der Waals surface area contributed by atoms with E-state index < -0.39 is 0 Å². The van der Waals surface area contributed by atoms with Gasteiger partial charge in [0.2, 0.25) is 0 Å². The molecule has 0 heterocycles. The van der Waals surface area contributed by atoms with Crippen molar-refractivity contribution in [1.29, 1.82) is 0 Å². The molecule has 1 aromatic carbocycles. The van der Waals surface area contributed by atoms with Gasteiger partial charge in [0.15, 0.2) is 0 Å². The number of nitrogens with two attached hydrogens (primary N) is 1. The number of benzene rings is 1. The van der Waals surface area contributed by atoms with E-state index in [2.05, 4.69) is 6.07 Å². The van der Waals surface area contributed by atoms with E-state index in [-0.39, 0.29) is 6.04 Å². The zero-order valence-corrected chi connectivity index (χ0v) is 7.61. The van der Waals surface area contributed by atoms with Gasteiger partial charge in [0.25, 0.3) is 0 Å². The van der Waals surface area contributed by atoms with E-state index >= 15 is 0 Å². The van der Waals surface area contributed by atoms with Gasteiger partial charge in [-0.2, -0.15) is 0 Å². The SMILES string of the molecule is N[C@H]1CCC[C@H]1c1cccc(O)c1. The van der Waals surface area contributed by atoms with Crippen LogP contribution >= 0.6 is 0 Å². The maximum absolute atomic E-state index is 9.32. The minimum atomic E-state index is 0.279. The smallest absolute Gasteiger partial charge is 0.115 e. The van der Waals surface area contributed by atoms with E-state index in [4.69, 9.17) is 5.73 Å². The average Bonchev–Trinajstić information content (AvgIpc) is 2.51. The first-order valence-electron chi connectivity index (χ1n) is 4.82. The van der Waals surface area contributed by atoms with Gasteiger partial charge in [0.1, 0.15) is 5.75 Å². The molecule has 2 rings (SSSR count). The van der Waals surface area contributed by atoms with Gasteiger partial charge in [-0.15, -0.1) is 0 Å². The van der Waals surface area contributed by atoms with Gasteiger partial charge in [0.05, 0.1) is 0 Å². The van der Waals surface area contributed by atoms with Crippen LogP contribution in [0.15, 0.2) is 24.3 Å². The summed E-state index contributed by atoms with van der Waals surface area (Å²) in [6.45, 7) is 0. The molecule has 1 saturated carbocycles. The summed E-state index contributed by atoms with van der Waals surface area (Å²) in [7, 11) is 0. The summed E-state index contributed by atoms with van der Waals surface area (Å²) in [6.07, 6.45) is 3.48. The van der Waals surface area contributed by atoms with Crippen molar-refractivity contribution in [3.8, 4) is 5.75 Å². The lowest BCUT2D eigenvalue weighted by Gasteiger charge is -2.15. The molecule has 2 heteroatoms. The van der Waals surface area contributed by atoms with Gasteiger partial charge in [-0.05, 0) is 36.5 Å². The lowest BCUT2D eigenvalue weighted by molar-refractivity contribution is 0.473. The highest BCUT2D eigenvalue weighted by Crippen LogP contribution is 2.34. The van der Waals surface area contributed by atoms with Gasteiger partial charge in [-0.25, -0.2) is 0 Å². The van der Waals surface area contributed by atoms with Gasteiger partial charge in [-0.1, -0.05) is 18.6 Å². The molecule has 1 aliphatic carbocycles. The molecule has 0 saturated heterocycles. The van der Waals surface area contributed by atoms with Crippen LogP contribution < -0.4 is 5.73 Å². The van der Waals surface area contributed by atoms with Gasteiger partial charge in [-0.3, -0.25) is 0 Å². The standard InChI is InChI=1S/C11H15NO/c12-11-6-2-5-10(11)8-3-1-4-9(13)7-8/h1,3-4,7,10-11,13H,2,5-6,12H2/t10-,11-/m0/s1. The normalized spacial score (nSPS) is 27.8. The zero-order valence-electron chi connectivity index (χ0n) is 7.61. The van der Waals surface area contributed by atoms with Crippen LogP contribution in [0.3, 0.4) is 0 Å². The maximum Gasteiger partial charge on any atom is 0.115 e. The Kier molecular flexibility index (Phi) is 2.23. The molecule has 0 bridgehead atoms. The van der Waals surface area contributed by atoms with Crippen LogP contribution in [0.25, 0.3) is 0 Å². The summed E-state index contributed by atoms with van der Waals surface area (Å²) in [5.74, 6) is 0.795. The topological polar surface area (TPSA) is 46.2 Å². The van der Waals surface area contributed by atoms with Gasteiger partial charge < -0.3 is 10.8 Å². The Morgan fingerprint density at radius 2 is 2.15 bits per heavy atom. The molecule has 1 aliphatic rings. The fourth-order valence-corrected chi connectivity index (χ4v) is 2.16. The molecule has 2 atom stereocenters. The van der Waals surface area contributed by atoms with Crippen LogP contribution in [0.1, 0.15) is 30.7 Å². The molecule has 0 amide bonds. The van der Waals surface area contributed by atoms with Crippen LogP contribution in [0.4, 0.5) is 0 Å². The summed E-state index contributed by atoms with van der Waals surface area (Å²) in [5.41, 5.74) is 7.16. The summed E-state index contributed by atoms with van der Waals surface area (Å²) in [6, 6.07) is 7.74. The molecular weight excluding hydrogens is 162 g/mol. The second kappa shape index (κ2) is 3.38. The van der Waals surface area contributed by atoms with Crippen LogP contribution in [0, 0.1) is 0 Å². The van der Waals surface area contributed by atoms with E-state index in [1.807, 2.05) is 12.1 Å². The van der Waals surface area contributed by atoms with Crippen LogP contribution in [0.2, 0.25) is 0 Å².